The highest BCUT2D eigenvalue weighted by Gasteiger charge is 2.29. The van der Waals surface area contributed by atoms with Crippen molar-refractivity contribution in [3.63, 3.8) is 0 Å². The molecule has 1 atom stereocenters. The molecule has 1 amide bonds. The summed E-state index contributed by atoms with van der Waals surface area (Å²) in [5.41, 5.74) is 4.62. The predicted octanol–water partition coefficient (Wildman–Crippen LogP) is 3.51. The molecule has 0 aromatic heterocycles. The number of ketones is 1. The number of benzene rings is 2. The molecule has 0 bridgehead atoms. The lowest BCUT2D eigenvalue weighted by atomic mass is 9.98. The average molecular weight is 333 g/mol. The molecule has 126 valence electrons. The number of hydrogen-bond donors (Lipinski definition) is 1. The molecule has 2 aromatic carbocycles. The molecule has 3 rings (SSSR count). The fourth-order valence-corrected chi connectivity index (χ4v) is 3.20. The van der Waals surface area contributed by atoms with Crippen LogP contribution in [-0.4, -0.2) is 24.5 Å². The molecular weight excluding hydrogens is 314 g/mol. The molecule has 0 spiro atoms. The first kappa shape index (κ1) is 16.8. The van der Waals surface area contributed by atoms with E-state index in [2.05, 4.69) is 35.5 Å². The maximum atomic E-state index is 12.1. The first-order valence-corrected chi connectivity index (χ1v) is 8.17. The van der Waals surface area contributed by atoms with Gasteiger partial charge in [0.25, 0.3) is 0 Å². The van der Waals surface area contributed by atoms with Gasteiger partial charge in [0, 0.05) is 12.3 Å². The summed E-state index contributed by atoms with van der Waals surface area (Å²) >= 11 is 0. The SMILES string of the molecule is C#CC[C@H](NC(=O)OCC1c2ccccc2-c2ccccc21)C(C)=O. The first-order valence-electron chi connectivity index (χ1n) is 8.17. The lowest BCUT2D eigenvalue weighted by Crippen LogP contribution is -2.40. The smallest absolute Gasteiger partial charge is 0.407 e. The zero-order valence-corrected chi connectivity index (χ0v) is 14.0. The zero-order valence-electron chi connectivity index (χ0n) is 14.0. The number of amides is 1. The third-order valence-corrected chi connectivity index (χ3v) is 4.45. The van der Waals surface area contributed by atoms with Crippen LogP contribution in [0.25, 0.3) is 11.1 Å². The summed E-state index contributed by atoms with van der Waals surface area (Å²) in [6, 6.07) is 15.5. The fourth-order valence-electron chi connectivity index (χ4n) is 3.20. The van der Waals surface area contributed by atoms with Crippen LogP contribution in [0.1, 0.15) is 30.4 Å². The van der Waals surface area contributed by atoms with E-state index in [1.165, 1.54) is 18.1 Å². The Hall–Kier alpha value is -3.06. The molecule has 0 radical (unpaired) electrons. The van der Waals surface area contributed by atoms with Gasteiger partial charge < -0.3 is 10.1 Å². The van der Waals surface area contributed by atoms with Crippen molar-refractivity contribution >= 4 is 11.9 Å². The number of terminal acetylenes is 1. The molecule has 0 saturated carbocycles. The van der Waals surface area contributed by atoms with Crippen molar-refractivity contribution in [3.05, 3.63) is 59.7 Å². The van der Waals surface area contributed by atoms with Gasteiger partial charge in [0.2, 0.25) is 0 Å². The van der Waals surface area contributed by atoms with Crippen LogP contribution in [0, 0.1) is 12.3 Å². The Labute approximate surface area is 147 Å². The largest absolute Gasteiger partial charge is 0.449 e. The molecule has 0 unspecified atom stereocenters. The van der Waals surface area contributed by atoms with Crippen molar-refractivity contribution in [3.8, 4) is 23.5 Å². The van der Waals surface area contributed by atoms with E-state index in [0.717, 1.165) is 11.1 Å². The van der Waals surface area contributed by atoms with Crippen LogP contribution in [-0.2, 0) is 9.53 Å². The minimum Gasteiger partial charge on any atom is -0.449 e. The highest BCUT2D eigenvalue weighted by molar-refractivity contribution is 5.85. The topological polar surface area (TPSA) is 55.4 Å². The molecular formula is C21H19NO3. The van der Waals surface area contributed by atoms with E-state index in [9.17, 15) is 9.59 Å². The number of fused-ring (bicyclic) bond motifs is 3. The molecule has 1 aliphatic rings. The van der Waals surface area contributed by atoms with Crippen molar-refractivity contribution in [2.75, 3.05) is 6.61 Å². The Morgan fingerprint density at radius 3 is 2.20 bits per heavy atom. The second-order valence-corrected chi connectivity index (χ2v) is 6.04. The van der Waals surface area contributed by atoms with Crippen LogP contribution in [0.3, 0.4) is 0 Å². The lowest BCUT2D eigenvalue weighted by molar-refractivity contribution is -0.118. The minimum atomic E-state index is -0.708. The number of nitrogens with one attached hydrogen (secondary N) is 1. The number of carbonyl (C=O) groups excluding carboxylic acids is 2. The van der Waals surface area contributed by atoms with Crippen LogP contribution in [0.15, 0.2) is 48.5 Å². The fraction of sp³-hybridized carbons (Fsp3) is 0.238. The van der Waals surface area contributed by atoms with Gasteiger partial charge in [-0.2, -0.15) is 0 Å². The summed E-state index contributed by atoms with van der Waals surface area (Å²) in [5.74, 6) is 2.19. The van der Waals surface area contributed by atoms with Crippen LogP contribution in [0.5, 0.6) is 0 Å². The van der Waals surface area contributed by atoms with Crippen molar-refractivity contribution in [1.82, 2.24) is 5.32 Å². The number of Topliss-reactive ketones (excluding diaryl/α,β-unsaturated/α-hetero) is 1. The van der Waals surface area contributed by atoms with Crippen LogP contribution in [0.2, 0.25) is 0 Å². The van der Waals surface area contributed by atoms with Crippen LogP contribution in [0.4, 0.5) is 4.79 Å². The highest BCUT2D eigenvalue weighted by atomic mass is 16.5. The summed E-state index contributed by atoms with van der Waals surface area (Å²) < 4.78 is 5.40. The van der Waals surface area contributed by atoms with Gasteiger partial charge in [0.1, 0.15) is 12.6 Å². The summed E-state index contributed by atoms with van der Waals surface area (Å²) in [4.78, 5) is 23.6. The number of carbonyl (C=O) groups is 2. The maximum absolute atomic E-state index is 12.1. The zero-order chi connectivity index (χ0) is 17.8. The average Bonchev–Trinajstić information content (AvgIpc) is 2.93. The molecule has 0 heterocycles. The molecule has 4 nitrogen and oxygen atoms in total. The van der Waals surface area contributed by atoms with E-state index < -0.39 is 12.1 Å². The number of ether oxygens (including phenoxy) is 1. The van der Waals surface area contributed by atoms with E-state index in [1.807, 2.05) is 24.3 Å². The number of alkyl carbamates (subject to hydrolysis) is 1. The van der Waals surface area contributed by atoms with Gasteiger partial charge in [-0.1, -0.05) is 48.5 Å². The van der Waals surface area contributed by atoms with E-state index >= 15 is 0 Å². The van der Waals surface area contributed by atoms with Crippen molar-refractivity contribution in [1.29, 1.82) is 0 Å². The third-order valence-electron chi connectivity index (χ3n) is 4.45. The van der Waals surface area contributed by atoms with Crippen LogP contribution < -0.4 is 5.32 Å². The molecule has 0 fully saturated rings. The Morgan fingerprint density at radius 2 is 1.68 bits per heavy atom. The van der Waals surface area contributed by atoms with Crippen LogP contribution >= 0.6 is 0 Å². The molecule has 0 saturated heterocycles. The molecule has 1 N–H and O–H groups in total. The minimum absolute atomic E-state index is 0.0124. The molecule has 0 aliphatic heterocycles. The molecule has 4 heteroatoms. The van der Waals surface area contributed by atoms with E-state index in [-0.39, 0.29) is 24.7 Å². The highest BCUT2D eigenvalue weighted by Crippen LogP contribution is 2.44. The van der Waals surface area contributed by atoms with Gasteiger partial charge in [-0.25, -0.2) is 4.79 Å². The molecule has 1 aliphatic carbocycles. The summed E-state index contributed by atoms with van der Waals surface area (Å²) in [5, 5.41) is 2.54. The van der Waals surface area contributed by atoms with Gasteiger partial charge in [-0.15, -0.1) is 12.3 Å². The third kappa shape index (κ3) is 3.41. The monoisotopic (exact) mass is 333 g/mol. The van der Waals surface area contributed by atoms with E-state index in [1.54, 1.807) is 0 Å². The predicted molar refractivity (Wildman–Crippen MR) is 96.1 cm³/mol. The first-order chi connectivity index (χ1) is 12.1. The summed E-state index contributed by atoms with van der Waals surface area (Å²) in [6.07, 6.45) is 4.75. The Morgan fingerprint density at radius 1 is 1.12 bits per heavy atom. The molecule has 2 aromatic rings. The van der Waals surface area contributed by atoms with Gasteiger partial charge in [0.05, 0.1) is 0 Å². The Balaban J connectivity index is 1.72. The van der Waals surface area contributed by atoms with E-state index in [4.69, 9.17) is 11.2 Å². The van der Waals surface area contributed by atoms with Gasteiger partial charge in [0.15, 0.2) is 5.78 Å². The van der Waals surface area contributed by atoms with Crippen molar-refractivity contribution in [2.24, 2.45) is 0 Å². The quantitative estimate of drug-likeness (QED) is 0.852. The Kier molecular flexibility index (Phi) is 4.85. The second-order valence-electron chi connectivity index (χ2n) is 6.04. The number of hydrogen-bond acceptors (Lipinski definition) is 3. The summed E-state index contributed by atoms with van der Waals surface area (Å²) in [6.45, 7) is 1.60. The normalized spacial score (nSPS) is 13.3. The lowest BCUT2D eigenvalue weighted by Gasteiger charge is -2.17. The summed E-state index contributed by atoms with van der Waals surface area (Å²) in [7, 11) is 0. The van der Waals surface area contributed by atoms with E-state index in [0.29, 0.717) is 0 Å². The van der Waals surface area contributed by atoms with Gasteiger partial charge >= 0.3 is 6.09 Å². The maximum Gasteiger partial charge on any atom is 0.407 e. The van der Waals surface area contributed by atoms with Crippen molar-refractivity contribution < 1.29 is 14.3 Å². The second kappa shape index (κ2) is 7.23. The Bertz CT molecular complexity index is 805. The molecule has 25 heavy (non-hydrogen) atoms. The van der Waals surface area contributed by atoms with Gasteiger partial charge in [-0.05, 0) is 29.2 Å². The number of rotatable bonds is 5. The standard InChI is InChI=1S/C21H19NO3/c1-3-8-20(14(2)23)22-21(24)25-13-19-17-11-6-4-9-15(17)16-10-5-7-12-18(16)19/h1,4-7,9-12,19-20H,8,13H2,2H3,(H,22,24)/t20-/m0/s1. The van der Waals surface area contributed by atoms with Gasteiger partial charge in [-0.3, -0.25) is 4.79 Å². The van der Waals surface area contributed by atoms with Crippen molar-refractivity contribution in [2.45, 2.75) is 25.3 Å².